The fourth-order valence-corrected chi connectivity index (χ4v) is 12.9. The average Bonchev–Trinajstić information content (AvgIpc) is 3.46. The molecule has 3 heteroatoms. The highest BCUT2D eigenvalue weighted by atomic mass is 15.2. The third kappa shape index (κ3) is 6.50. The number of hydrogen-bond donors (Lipinski definition) is 0. The summed E-state index contributed by atoms with van der Waals surface area (Å²) in [5.41, 5.74) is 26.9. The molecule has 2 aliphatic carbocycles. The highest BCUT2D eigenvalue weighted by Crippen LogP contribution is 2.55. The molecule has 0 saturated heterocycles. The molecule has 0 atom stereocenters. The summed E-state index contributed by atoms with van der Waals surface area (Å²) in [7, 11) is 0. The van der Waals surface area contributed by atoms with Crippen LogP contribution in [0.15, 0.2) is 133 Å². The van der Waals surface area contributed by atoms with Crippen LogP contribution in [0.3, 0.4) is 0 Å². The quantitative estimate of drug-likeness (QED) is 0.163. The van der Waals surface area contributed by atoms with Gasteiger partial charge in [-0.05, 0) is 175 Å². The van der Waals surface area contributed by atoms with Gasteiger partial charge < -0.3 is 9.80 Å². The molecule has 0 N–H and O–H groups in total. The third-order valence-electron chi connectivity index (χ3n) is 16.4. The summed E-state index contributed by atoms with van der Waals surface area (Å²) in [6.45, 7) is 31.5. The lowest BCUT2D eigenvalue weighted by Crippen LogP contribution is -2.62. The highest BCUT2D eigenvalue weighted by Gasteiger charge is 2.50. The van der Waals surface area contributed by atoms with Crippen molar-refractivity contribution in [2.45, 2.75) is 136 Å². The molecule has 2 heterocycles. The van der Waals surface area contributed by atoms with Crippen LogP contribution in [-0.4, -0.2) is 6.71 Å². The van der Waals surface area contributed by atoms with Crippen molar-refractivity contribution in [1.82, 2.24) is 0 Å². The van der Waals surface area contributed by atoms with Crippen LogP contribution >= 0.6 is 0 Å². The molecule has 66 heavy (non-hydrogen) atoms. The summed E-state index contributed by atoms with van der Waals surface area (Å²) in [6, 6.07) is 52.2. The van der Waals surface area contributed by atoms with Gasteiger partial charge in [-0.2, -0.15) is 0 Å². The van der Waals surface area contributed by atoms with E-state index in [-0.39, 0.29) is 33.8 Å². The molecule has 0 aromatic heterocycles. The monoisotopic (exact) mass is 863 g/mol. The van der Waals surface area contributed by atoms with Gasteiger partial charge in [-0.3, -0.25) is 0 Å². The van der Waals surface area contributed by atoms with Gasteiger partial charge in [-0.1, -0.05) is 167 Å². The van der Waals surface area contributed by atoms with E-state index < -0.39 is 0 Å². The Hall–Kier alpha value is -5.80. The van der Waals surface area contributed by atoms with Crippen molar-refractivity contribution in [1.29, 1.82) is 0 Å². The first-order valence-corrected chi connectivity index (χ1v) is 24.6. The van der Waals surface area contributed by atoms with Gasteiger partial charge in [0.05, 0.1) is 5.69 Å². The molecule has 0 bridgehead atoms. The topological polar surface area (TPSA) is 6.48 Å². The number of hydrogen-bond acceptors (Lipinski definition) is 2. The van der Waals surface area contributed by atoms with E-state index in [1.54, 1.807) is 0 Å². The van der Waals surface area contributed by atoms with Crippen molar-refractivity contribution in [2.24, 2.45) is 0 Å². The SMILES string of the molecule is Cc1cc2c3c(c1)N(c1ccc(C(C)(C)C)cc1-c1ccccc1)c1cc4c(cc1B3c1cc3c(cc1N2c1cc(-c2ccccc2)ccc1C)C(C)(C)CCC3(C)C)C(C)(C)CC4(C)C. The zero-order chi connectivity index (χ0) is 46.5. The van der Waals surface area contributed by atoms with E-state index in [1.807, 2.05) is 0 Å². The fourth-order valence-electron chi connectivity index (χ4n) is 12.9. The predicted molar refractivity (Wildman–Crippen MR) is 285 cm³/mol. The van der Waals surface area contributed by atoms with Gasteiger partial charge in [0.25, 0.3) is 6.71 Å². The molecule has 0 unspecified atom stereocenters. The van der Waals surface area contributed by atoms with Gasteiger partial charge in [0.2, 0.25) is 0 Å². The van der Waals surface area contributed by atoms with E-state index in [2.05, 4.69) is 233 Å². The predicted octanol–water partition coefficient (Wildman–Crippen LogP) is 15.3. The molecule has 7 aromatic rings. The van der Waals surface area contributed by atoms with E-state index >= 15 is 0 Å². The minimum absolute atomic E-state index is 0.0102. The maximum absolute atomic E-state index is 2.70. The summed E-state index contributed by atoms with van der Waals surface area (Å²) >= 11 is 0. The number of aryl methyl sites for hydroxylation is 2. The Morgan fingerprint density at radius 1 is 0.439 bits per heavy atom. The van der Waals surface area contributed by atoms with Crippen LogP contribution in [0.25, 0.3) is 22.3 Å². The van der Waals surface area contributed by atoms with Crippen LogP contribution in [0.4, 0.5) is 34.1 Å². The molecule has 0 radical (unpaired) electrons. The number of anilines is 6. The minimum atomic E-state index is -0.0102. The Labute approximate surface area is 396 Å². The first-order valence-electron chi connectivity index (χ1n) is 24.6. The smallest absolute Gasteiger partial charge is 0.252 e. The molecular weight excluding hydrogens is 796 g/mol. The summed E-state index contributed by atoms with van der Waals surface area (Å²) in [4.78, 5) is 5.37. The van der Waals surface area contributed by atoms with Crippen LogP contribution in [-0.2, 0) is 27.1 Å². The number of rotatable bonds is 4. The average molecular weight is 863 g/mol. The van der Waals surface area contributed by atoms with Crippen molar-refractivity contribution in [3.05, 3.63) is 172 Å². The van der Waals surface area contributed by atoms with Crippen molar-refractivity contribution in [3.63, 3.8) is 0 Å². The minimum Gasteiger partial charge on any atom is -0.311 e. The van der Waals surface area contributed by atoms with Crippen molar-refractivity contribution in [2.75, 3.05) is 9.80 Å². The number of nitrogens with zero attached hydrogens (tertiary/aromatic N) is 2. The fraction of sp³-hybridized carbons (Fsp3) is 0.333. The molecule has 0 spiro atoms. The Kier molecular flexibility index (Phi) is 9.31. The zero-order valence-corrected chi connectivity index (χ0v) is 41.8. The third-order valence-corrected chi connectivity index (χ3v) is 16.4. The first kappa shape index (κ1) is 42.8. The molecule has 11 rings (SSSR count). The van der Waals surface area contributed by atoms with Crippen LogP contribution in [0.1, 0.15) is 134 Å². The lowest BCUT2D eigenvalue weighted by molar-refractivity contribution is 0.332. The summed E-state index contributed by atoms with van der Waals surface area (Å²) in [5.74, 6) is 0. The standard InChI is InChI=1S/C63H67BN2/c1-39-30-56-58-57(31-39)66(53-32-43(25-24-40(53)2)41-20-16-14-17-21-41)55-36-48-46(60(6,7)28-29-61(48,8)9)34-50(55)64(58)51-35-47-49(63(12,13)38-62(47,10)11)37-54(51)65(56)52-27-26-44(59(3,4)5)33-45(52)42-22-18-15-19-23-42/h14-27,30-37H,28-29,38H2,1-13H3. The lowest BCUT2D eigenvalue weighted by atomic mass is 9.32. The van der Waals surface area contributed by atoms with Crippen LogP contribution < -0.4 is 26.2 Å². The normalized spacial score (nSPS) is 18.0. The second kappa shape index (κ2) is 14.4. The van der Waals surface area contributed by atoms with Crippen molar-refractivity contribution in [3.8, 4) is 22.3 Å². The Balaban J connectivity index is 1.29. The maximum atomic E-state index is 2.70. The van der Waals surface area contributed by atoms with Crippen LogP contribution in [0.5, 0.6) is 0 Å². The second-order valence-electron chi connectivity index (χ2n) is 24.2. The van der Waals surface area contributed by atoms with Crippen molar-refractivity contribution >= 4 is 57.2 Å². The van der Waals surface area contributed by atoms with Gasteiger partial charge in [0.15, 0.2) is 0 Å². The van der Waals surface area contributed by atoms with Crippen LogP contribution in [0, 0.1) is 13.8 Å². The van der Waals surface area contributed by atoms with Crippen LogP contribution in [0.2, 0.25) is 0 Å². The van der Waals surface area contributed by atoms with Gasteiger partial charge in [-0.25, -0.2) is 0 Å². The van der Waals surface area contributed by atoms with E-state index in [0.29, 0.717) is 0 Å². The van der Waals surface area contributed by atoms with Gasteiger partial charge in [-0.15, -0.1) is 0 Å². The molecule has 0 fully saturated rings. The molecular formula is C63H67BN2. The number of fused-ring (bicyclic) bond motifs is 6. The Bertz CT molecular complexity index is 3120. The van der Waals surface area contributed by atoms with Gasteiger partial charge in [0.1, 0.15) is 0 Å². The Morgan fingerprint density at radius 2 is 0.939 bits per heavy atom. The maximum Gasteiger partial charge on any atom is 0.252 e. The molecule has 2 nitrogen and oxygen atoms in total. The largest absolute Gasteiger partial charge is 0.311 e. The van der Waals surface area contributed by atoms with E-state index in [1.165, 1.54) is 125 Å². The Morgan fingerprint density at radius 3 is 1.50 bits per heavy atom. The second-order valence-corrected chi connectivity index (χ2v) is 24.2. The molecule has 4 aliphatic rings. The summed E-state index contributed by atoms with van der Waals surface area (Å²) in [5, 5.41) is 0. The number of benzene rings is 7. The van der Waals surface area contributed by atoms with E-state index in [9.17, 15) is 0 Å². The van der Waals surface area contributed by atoms with E-state index in [0.717, 1.165) is 6.42 Å². The highest BCUT2D eigenvalue weighted by molar-refractivity contribution is 7.00. The molecule has 0 amide bonds. The molecule has 7 aromatic carbocycles. The van der Waals surface area contributed by atoms with Gasteiger partial charge in [0, 0.05) is 34.0 Å². The lowest BCUT2D eigenvalue weighted by Gasteiger charge is -2.48. The summed E-state index contributed by atoms with van der Waals surface area (Å²) in [6.07, 6.45) is 3.46. The molecule has 332 valence electrons. The first-order chi connectivity index (χ1) is 31.1. The van der Waals surface area contributed by atoms with Gasteiger partial charge >= 0.3 is 0 Å². The van der Waals surface area contributed by atoms with E-state index in [4.69, 9.17) is 0 Å². The van der Waals surface area contributed by atoms with Crippen molar-refractivity contribution < 1.29 is 0 Å². The molecule has 2 aliphatic heterocycles. The summed E-state index contributed by atoms with van der Waals surface area (Å²) < 4.78 is 0. The molecule has 0 saturated carbocycles. The zero-order valence-electron chi connectivity index (χ0n) is 41.8.